The van der Waals surface area contributed by atoms with Gasteiger partial charge in [0.2, 0.25) is 0 Å². The van der Waals surface area contributed by atoms with Gasteiger partial charge in [0.05, 0.1) is 18.2 Å². The van der Waals surface area contributed by atoms with Crippen LogP contribution < -0.4 is 10.6 Å². The number of benzene rings is 1. The van der Waals surface area contributed by atoms with E-state index in [2.05, 4.69) is 15.4 Å². The van der Waals surface area contributed by atoms with E-state index in [0.29, 0.717) is 6.42 Å². The first kappa shape index (κ1) is 24.8. The van der Waals surface area contributed by atoms with Gasteiger partial charge in [0.25, 0.3) is 0 Å². The summed E-state index contributed by atoms with van der Waals surface area (Å²) in [7, 11) is 1.18. The second-order valence-electron chi connectivity index (χ2n) is 8.95. The van der Waals surface area contributed by atoms with E-state index < -0.39 is 29.4 Å². The molecule has 2 N–H and O–H groups in total. The van der Waals surface area contributed by atoms with Crippen molar-refractivity contribution in [2.75, 3.05) is 12.4 Å². The zero-order valence-electron chi connectivity index (χ0n) is 18.6. The zero-order valence-corrected chi connectivity index (χ0v) is 18.6. The lowest BCUT2D eigenvalue weighted by Gasteiger charge is -2.35. The van der Waals surface area contributed by atoms with Gasteiger partial charge < -0.3 is 20.1 Å². The van der Waals surface area contributed by atoms with Crippen molar-refractivity contribution in [1.29, 1.82) is 0 Å². The molecule has 0 heterocycles. The summed E-state index contributed by atoms with van der Waals surface area (Å²) in [6.45, 7) is 7.15. The third kappa shape index (κ3) is 7.33. The number of hydrogen-bond acceptors (Lipinski definition) is 5. The number of anilines is 1. The summed E-state index contributed by atoms with van der Waals surface area (Å²) in [5.41, 5.74) is -1.57. The first-order valence-corrected chi connectivity index (χ1v) is 10.4. The summed E-state index contributed by atoms with van der Waals surface area (Å²) in [4.78, 5) is 23.8. The second-order valence-corrected chi connectivity index (χ2v) is 8.95. The summed E-state index contributed by atoms with van der Waals surface area (Å²) in [5.74, 6) is -0.666. The van der Waals surface area contributed by atoms with E-state index in [9.17, 15) is 22.8 Å². The average Bonchev–Trinajstić information content (AvgIpc) is 2.65. The van der Waals surface area contributed by atoms with Crippen LogP contribution in [-0.2, 0) is 15.7 Å². The highest BCUT2D eigenvalue weighted by Crippen LogP contribution is 2.37. The third-order valence-electron chi connectivity index (χ3n) is 5.27. The topological polar surface area (TPSA) is 76.7 Å². The number of nitrogens with one attached hydrogen (secondary N) is 2. The Balaban J connectivity index is 2.12. The van der Waals surface area contributed by atoms with Gasteiger partial charge in [-0.2, -0.15) is 13.2 Å². The van der Waals surface area contributed by atoms with Gasteiger partial charge in [0.15, 0.2) is 0 Å². The van der Waals surface area contributed by atoms with Crippen molar-refractivity contribution in [2.45, 2.75) is 77.2 Å². The monoisotopic (exact) mass is 444 g/mol. The number of methoxy groups -OCH3 is 1. The molecule has 1 aliphatic carbocycles. The fraction of sp³-hybridized carbons (Fsp3) is 0.636. The quantitative estimate of drug-likeness (QED) is 0.597. The molecule has 0 spiro atoms. The van der Waals surface area contributed by atoms with Crippen molar-refractivity contribution in [2.24, 2.45) is 5.92 Å². The van der Waals surface area contributed by atoms with E-state index in [-0.39, 0.29) is 29.3 Å². The molecule has 0 bridgehead atoms. The Hall–Kier alpha value is -2.45. The van der Waals surface area contributed by atoms with Gasteiger partial charge in [-0.1, -0.05) is 6.42 Å². The lowest BCUT2D eigenvalue weighted by Crippen LogP contribution is -2.43. The second kappa shape index (κ2) is 9.78. The van der Waals surface area contributed by atoms with Gasteiger partial charge in [-0.25, -0.2) is 9.59 Å². The smallest absolute Gasteiger partial charge is 0.418 e. The average molecular weight is 444 g/mol. The van der Waals surface area contributed by atoms with Gasteiger partial charge in [-0.3, -0.25) is 0 Å². The molecular weight excluding hydrogens is 413 g/mol. The molecule has 174 valence electrons. The van der Waals surface area contributed by atoms with E-state index in [1.54, 1.807) is 20.8 Å². The third-order valence-corrected chi connectivity index (χ3v) is 5.27. The van der Waals surface area contributed by atoms with Crippen molar-refractivity contribution in [3.05, 3.63) is 29.3 Å². The van der Waals surface area contributed by atoms with Gasteiger partial charge in [-0.15, -0.1) is 0 Å². The first-order valence-electron chi connectivity index (χ1n) is 10.4. The van der Waals surface area contributed by atoms with Crippen LogP contribution in [0.5, 0.6) is 0 Å². The molecule has 0 aliphatic heterocycles. The minimum atomic E-state index is -4.57. The van der Waals surface area contributed by atoms with Crippen LogP contribution in [-0.4, -0.2) is 36.9 Å². The van der Waals surface area contributed by atoms with Crippen molar-refractivity contribution in [3.63, 3.8) is 0 Å². The number of hydrogen-bond donors (Lipinski definition) is 2. The number of alkyl halides is 3. The highest BCUT2D eigenvalue weighted by Gasteiger charge is 2.35. The Morgan fingerprint density at radius 3 is 2.42 bits per heavy atom. The van der Waals surface area contributed by atoms with E-state index >= 15 is 0 Å². The summed E-state index contributed by atoms with van der Waals surface area (Å²) >= 11 is 0. The highest BCUT2D eigenvalue weighted by atomic mass is 19.4. The Morgan fingerprint density at radius 1 is 1.16 bits per heavy atom. The SMILES string of the molecule is COC(=O)c1ccc(C(F)(F)F)c(N[C@@H](C)[C@@H]2CCC[C@H](NC(=O)OC(C)(C)C)C2)c1. The molecule has 0 radical (unpaired) electrons. The number of esters is 1. The van der Waals surface area contributed by atoms with Crippen LogP contribution in [0, 0.1) is 5.92 Å². The number of alkyl carbamates (subject to hydrolysis) is 1. The molecule has 2 rings (SSSR count). The van der Waals surface area contributed by atoms with Crippen LogP contribution in [0.1, 0.15) is 69.3 Å². The molecule has 1 aromatic carbocycles. The minimum Gasteiger partial charge on any atom is -0.465 e. The molecule has 1 aromatic rings. The van der Waals surface area contributed by atoms with E-state index in [1.165, 1.54) is 13.2 Å². The standard InChI is InChI=1S/C22H31F3N2O4/c1-13(14-7-6-8-16(11-14)27-20(29)31-21(2,3)4)26-18-12-15(19(28)30-5)9-10-17(18)22(23,24)25/h9-10,12-14,16,26H,6-8,11H2,1-5H3,(H,27,29)/t13-,14+,16-/m0/s1. The van der Waals surface area contributed by atoms with Crippen molar-refractivity contribution < 1.29 is 32.2 Å². The maximum absolute atomic E-state index is 13.5. The fourth-order valence-corrected chi connectivity index (χ4v) is 3.81. The number of carbonyl (C=O) groups is 2. The van der Waals surface area contributed by atoms with Crippen molar-refractivity contribution in [1.82, 2.24) is 5.32 Å². The Kier molecular flexibility index (Phi) is 7.83. The summed E-state index contributed by atoms with van der Waals surface area (Å²) in [5, 5.41) is 5.81. The van der Waals surface area contributed by atoms with Crippen LogP contribution in [0.3, 0.4) is 0 Å². The number of ether oxygens (including phenoxy) is 2. The molecule has 9 heteroatoms. The molecule has 0 saturated heterocycles. The van der Waals surface area contributed by atoms with Crippen LogP contribution in [0.4, 0.5) is 23.7 Å². The Bertz CT molecular complexity index is 790. The van der Waals surface area contributed by atoms with Crippen LogP contribution in [0.25, 0.3) is 0 Å². The number of amides is 1. The summed E-state index contributed by atoms with van der Waals surface area (Å²) in [6, 6.07) is 2.74. The van der Waals surface area contributed by atoms with Gasteiger partial charge >= 0.3 is 18.2 Å². The van der Waals surface area contributed by atoms with Gasteiger partial charge in [0.1, 0.15) is 5.60 Å². The molecule has 0 aromatic heterocycles. The molecule has 1 aliphatic rings. The molecule has 0 unspecified atom stereocenters. The Morgan fingerprint density at radius 2 is 1.84 bits per heavy atom. The molecule has 1 saturated carbocycles. The Labute approximate surface area is 180 Å². The van der Waals surface area contributed by atoms with E-state index in [0.717, 1.165) is 31.4 Å². The van der Waals surface area contributed by atoms with Gasteiger partial charge in [-0.05, 0) is 71.1 Å². The normalized spacial score (nSPS) is 20.5. The molecule has 6 nitrogen and oxygen atoms in total. The maximum Gasteiger partial charge on any atom is 0.418 e. The summed E-state index contributed by atoms with van der Waals surface area (Å²) < 4.78 is 50.4. The summed E-state index contributed by atoms with van der Waals surface area (Å²) in [6.07, 6.45) is -2.00. The van der Waals surface area contributed by atoms with Crippen LogP contribution in [0.2, 0.25) is 0 Å². The fourth-order valence-electron chi connectivity index (χ4n) is 3.81. The lowest BCUT2D eigenvalue weighted by molar-refractivity contribution is -0.137. The first-order chi connectivity index (χ1) is 14.3. The number of carbonyl (C=O) groups excluding carboxylic acids is 2. The van der Waals surface area contributed by atoms with E-state index in [1.807, 2.05) is 6.92 Å². The van der Waals surface area contributed by atoms with E-state index in [4.69, 9.17) is 4.74 Å². The number of rotatable bonds is 5. The molecule has 1 amide bonds. The van der Waals surface area contributed by atoms with Crippen LogP contribution >= 0.6 is 0 Å². The van der Waals surface area contributed by atoms with Crippen molar-refractivity contribution in [3.8, 4) is 0 Å². The molecular formula is C22H31F3N2O4. The predicted molar refractivity (Wildman–Crippen MR) is 111 cm³/mol. The minimum absolute atomic E-state index is 0.0385. The lowest BCUT2D eigenvalue weighted by atomic mass is 9.81. The van der Waals surface area contributed by atoms with Crippen LogP contribution in [0.15, 0.2) is 18.2 Å². The zero-order chi connectivity index (χ0) is 23.4. The highest BCUT2D eigenvalue weighted by molar-refractivity contribution is 5.90. The molecule has 3 atom stereocenters. The predicted octanol–water partition coefficient (Wildman–Crippen LogP) is 5.38. The largest absolute Gasteiger partial charge is 0.465 e. The van der Waals surface area contributed by atoms with Gasteiger partial charge in [0, 0.05) is 17.8 Å². The van der Waals surface area contributed by atoms with Crippen molar-refractivity contribution >= 4 is 17.7 Å². The maximum atomic E-state index is 13.5. The number of halogens is 3. The molecule has 31 heavy (non-hydrogen) atoms. The molecule has 1 fully saturated rings.